The van der Waals surface area contributed by atoms with Gasteiger partial charge in [-0.1, -0.05) is 29.8 Å². The van der Waals surface area contributed by atoms with E-state index in [-0.39, 0.29) is 12.1 Å². The van der Waals surface area contributed by atoms with Gasteiger partial charge in [-0.05, 0) is 53.3 Å². The van der Waals surface area contributed by atoms with Crippen molar-refractivity contribution in [2.75, 3.05) is 66.5 Å². The maximum atomic E-state index is 12.8. The predicted molar refractivity (Wildman–Crippen MR) is 132 cm³/mol. The van der Waals surface area contributed by atoms with E-state index in [9.17, 15) is 4.79 Å². The number of carbonyl (C=O) groups is 1. The molecular weight excluding hydrogens is 400 g/mol. The Kier molecular flexibility index (Phi) is 8.93. The number of hydrogen-bond donors (Lipinski definition) is 1. The normalized spacial score (nSPS) is 20.0. The first kappa shape index (κ1) is 24.5. The topological polar surface area (TPSA) is 54.4 Å². The maximum Gasteiger partial charge on any atom is 0.239 e. The van der Waals surface area contributed by atoms with Crippen LogP contribution >= 0.6 is 0 Å². The molecular formula is C25H42N6O. The molecule has 0 radical (unpaired) electrons. The van der Waals surface area contributed by atoms with Gasteiger partial charge >= 0.3 is 0 Å². The first-order valence-corrected chi connectivity index (χ1v) is 12.2. The van der Waals surface area contributed by atoms with Gasteiger partial charge in [-0.2, -0.15) is 0 Å². The van der Waals surface area contributed by atoms with E-state index in [2.05, 4.69) is 79.1 Å². The molecule has 2 saturated heterocycles. The van der Waals surface area contributed by atoms with E-state index in [1.165, 1.54) is 11.1 Å². The highest BCUT2D eigenvalue weighted by Crippen LogP contribution is 2.20. The number of carbonyl (C=O) groups excluding carboxylic acids is 1. The summed E-state index contributed by atoms with van der Waals surface area (Å²) < 4.78 is 0. The van der Waals surface area contributed by atoms with Gasteiger partial charge < -0.3 is 20.0 Å². The van der Waals surface area contributed by atoms with Gasteiger partial charge in [0.1, 0.15) is 0 Å². The Labute approximate surface area is 194 Å². The fourth-order valence-electron chi connectivity index (χ4n) is 4.63. The Morgan fingerprint density at radius 1 is 1.03 bits per heavy atom. The van der Waals surface area contributed by atoms with E-state index in [1.807, 2.05) is 4.90 Å². The molecule has 7 heteroatoms. The van der Waals surface area contributed by atoms with E-state index in [0.29, 0.717) is 12.5 Å². The average molecular weight is 443 g/mol. The molecule has 2 heterocycles. The maximum absolute atomic E-state index is 12.8. The number of guanidine groups is 1. The Hall–Kier alpha value is -2.12. The van der Waals surface area contributed by atoms with Gasteiger partial charge in [0.05, 0.1) is 18.6 Å². The number of amides is 1. The SMILES string of the molecule is CCNC(=NCC(c1ccc(C)cc1)N(C)C)N1CCN(C(C)C(=O)N2CCCC2)CC1. The van der Waals surface area contributed by atoms with Crippen molar-refractivity contribution in [3.8, 4) is 0 Å². The molecule has 3 rings (SSSR count). The highest BCUT2D eigenvalue weighted by molar-refractivity contribution is 5.82. The van der Waals surface area contributed by atoms with E-state index >= 15 is 0 Å². The Bertz CT molecular complexity index is 748. The summed E-state index contributed by atoms with van der Waals surface area (Å²) in [5, 5.41) is 3.48. The quantitative estimate of drug-likeness (QED) is 0.518. The Morgan fingerprint density at radius 2 is 1.66 bits per heavy atom. The number of benzene rings is 1. The summed E-state index contributed by atoms with van der Waals surface area (Å²) in [6, 6.07) is 8.97. The molecule has 2 atom stereocenters. The zero-order valence-electron chi connectivity index (χ0n) is 20.7. The van der Waals surface area contributed by atoms with Crippen molar-refractivity contribution >= 4 is 11.9 Å². The van der Waals surface area contributed by atoms with Crippen molar-refractivity contribution in [3.05, 3.63) is 35.4 Å². The molecule has 178 valence electrons. The van der Waals surface area contributed by atoms with Crippen LogP contribution in [0.5, 0.6) is 0 Å². The molecule has 1 N–H and O–H groups in total. The summed E-state index contributed by atoms with van der Waals surface area (Å²) in [5.41, 5.74) is 2.57. The molecule has 1 amide bonds. The van der Waals surface area contributed by atoms with Crippen LogP contribution < -0.4 is 5.32 Å². The van der Waals surface area contributed by atoms with Gasteiger partial charge in [-0.25, -0.2) is 0 Å². The van der Waals surface area contributed by atoms with Crippen molar-refractivity contribution in [1.82, 2.24) is 24.9 Å². The number of likely N-dealkylation sites (N-methyl/N-ethyl adjacent to an activating group) is 1. The minimum atomic E-state index is -0.0329. The first-order chi connectivity index (χ1) is 15.4. The molecule has 1 aromatic carbocycles. The summed E-state index contributed by atoms with van der Waals surface area (Å²) in [5.74, 6) is 1.27. The molecule has 0 saturated carbocycles. The number of nitrogens with zero attached hydrogens (tertiary/aromatic N) is 5. The zero-order valence-corrected chi connectivity index (χ0v) is 20.7. The minimum absolute atomic E-state index is 0.0329. The van der Waals surface area contributed by atoms with Gasteiger partial charge in [0.2, 0.25) is 5.91 Å². The monoisotopic (exact) mass is 442 g/mol. The zero-order chi connectivity index (χ0) is 23.1. The number of likely N-dealkylation sites (tertiary alicyclic amines) is 1. The van der Waals surface area contributed by atoms with E-state index in [0.717, 1.165) is 64.6 Å². The molecule has 2 unspecified atom stereocenters. The lowest BCUT2D eigenvalue weighted by Crippen LogP contribution is -2.57. The highest BCUT2D eigenvalue weighted by atomic mass is 16.2. The molecule has 0 bridgehead atoms. The van der Waals surface area contributed by atoms with Crippen molar-refractivity contribution in [3.63, 3.8) is 0 Å². The summed E-state index contributed by atoms with van der Waals surface area (Å²) >= 11 is 0. The van der Waals surface area contributed by atoms with Gasteiger partial charge in [0, 0.05) is 45.8 Å². The van der Waals surface area contributed by atoms with Crippen LogP contribution in [0.1, 0.15) is 43.9 Å². The second-order valence-electron chi connectivity index (χ2n) is 9.32. The van der Waals surface area contributed by atoms with E-state index in [4.69, 9.17) is 4.99 Å². The van der Waals surface area contributed by atoms with Gasteiger partial charge in [0.25, 0.3) is 0 Å². The van der Waals surface area contributed by atoms with Gasteiger partial charge in [-0.3, -0.25) is 14.7 Å². The van der Waals surface area contributed by atoms with Crippen molar-refractivity contribution in [1.29, 1.82) is 0 Å². The summed E-state index contributed by atoms with van der Waals surface area (Å²) in [7, 11) is 4.23. The Morgan fingerprint density at radius 3 is 2.22 bits per heavy atom. The molecule has 2 aliphatic heterocycles. The summed E-state index contributed by atoms with van der Waals surface area (Å²) in [6.07, 6.45) is 2.29. The van der Waals surface area contributed by atoms with Gasteiger partial charge in [-0.15, -0.1) is 0 Å². The fourth-order valence-corrected chi connectivity index (χ4v) is 4.63. The van der Waals surface area contributed by atoms with Crippen LogP contribution in [0.3, 0.4) is 0 Å². The number of hydrogen-bond acceptors (Lipinski definition) is 4. The molecule has 1 aromatic rings. The number of rotatable bonds is 7. The third-order valence-electron chi connectivity index (χ3n) is 6.77. The molecule has 32 heavy (non-hydrogen) atoms. The fraction of sp³-hybridized carbons (Fsp3) is 0.680. The van der Waals surface area contributed by atoms with E-state index in [1.54, 1.807) is 0 Å². The largest absolute Gasteiger partial charge is 0.357 e. The average Bonchev–Trinajstić information content (AvgIpc) is 3.33. The molecule has 2 aliphatic rings. The van der Waals surface area contributed by atoms with Crippen LogP contribution in [-0.4, -0.2) is 104 Å². The highest BCUT2D eigenvalue weighted by Gasteiger charge is 2.30. The Balaban J connectivity index is 1.61. The lowest BCUT2D eigenvalue weighted by atomic mass is 10.0. The predicted octanol–water partition coefficient (Wildman–Crippen LogP) is 2.19. The smallest absolute Gasteiger partial charge is 0.239 e. The number of aliphatic imine (C=N–C) groups is 1. The van der Waals surface area contributed by atoms with Crippen LogP contribution in [0.15, 0.2) is 29.3 Å². The molecule has 7 nitrogen and oxygen atoms in total. The first-order valence-electron chi connectivity index (χ1n) is 12.2. The number of nitrogens with one attached hydrogen (secondary N) is 1. The summed E-state index contributed by atoms with van der Waals surface area (Å²) in [4.78, 5) is 26.8. The third kappa shape index (κ3) is 6.23. The summed E-state index contributed by atoms with van der Waals surface area (Å²) in [6.45, 7) is 13.3. The second-order valence-corrected chi connectivity index (χ2v) is 9.32. The third-order valence-corrected chi connectivity index (χ3v) is 6.77. The minimum Gasteiger partial charge on any atom is -0.357 e. The molecule has 0 aromatic heterocycles. The lowest BCUT2D eigenvalue weighted by Gasteiger charge is -2.39. The lowest BCUT2D eigenvalue weighted by molar-refractivity contribution is -0.135. The second kappa shape index (κ2) is 11.7. The van der Waals surface area contributed by atoms with Crippen LogP contribution in [0.25, 0.3) is 0 Å². The van der Waals surface area contributed by atoms with Crippen molar-refractivity contribution in [2.24, 2.45) is 4.99 Å². The van der Waals surface area contributed by atoms with Crippen LogP contribution in [0.4, 0.5) is 0 Å². The molecule has 2 fully saturated rings. The molecule has 0 aliphatic carbocycles. The number of aryl methyl sites for hydroxylation is 1. The van der Waals surface area contributed by atoms with Crippen LogP contribution in [0.2, 0.25) is 0 Å². The number of piperazine rings is 1. The standard InChI is InChI=1S/C25H42N6O/c1-6-26-25(27-19-23(28(4)5)22-11-9-20(2)10-12-22)31-17-15-29(16-18-31)21(3)24(32)30-13-7-8-14-30/h9-12,21,23H,6-8,13-19H2,1-5H3,(H,26,27). The van der Waals surface area contributed by atoms with Gasteiger partial charge in [0.15, 0.2) is 5.96 Å². The van der Waals surface area contributed by atoms with Crippen LogP contribution in [0, 0.1) is 6.92 Å². The van der Waals surface area contributed by atoms with Crippen LogP contribution in [-0.2, 0) is 4.79 Å². The van der Waals surface area contributed by atoms with E-state index < -0.39 is 0 Å². The van der Waals surface area contributed by atoms with Crippen molar-refractivity contribution in [2.45, 2.75) is 45.7 Å². The molecule has 0 spiro atoms. The van der Waals surface area contributed by atoms with Crippen molar-refractivity contribution < 1.29 is 4.79 Å².